The maximum absolute atomic E-state index is 13.3. The molecule has 0 spiro atoms. The second-order valence-corrected chi connectivity index (χ2v) is 10.9. The zero-order valence-electron chi connectivity index (χ0n) is 17.1. The number of hydrogen-bond acceptors (Lipinski definition) is 3. The fourth-order valence-electron chi connectivity index (χ4n) is 3.08. The van der Waals surface area contributed by atoms with E-state index in [2.05, 4.69) is 21.2 Å². The molecule has 1 amide bonds. The van der Waals surface area contributed by atoms with Gasteiger partial charge in [0, 0.05) is 21.1 Å². The average Bonchev–Trinajstić information content (AvgIpc) is 2.75. The molecule has 0 aliphatic carbocycles. The van der Waals surface area contributed by atoms with Crippen LogP contribution in [0.5, 0.6) is 0 Å². The van der Waals surface area contributed by atoms with Crippen molar-refractivity contribution in [2.45, 2.75) is 24.4 Å². The Morgan fingerprint density at radius 3 is 2.19 bits per heavy atom. The summed E-state index contributed by atoms with van der Waals surface area (Å²) in [7, 11) is -3.95. The molecule has 0 saturated heterocycles. The number of benzene rings is 3. The molecule has 32 heavy (non-hydrogen) atoms. The number of sulfonamides is 1. The van der Waals surface area contributed by atoms with Gasteiger partial charge in [0.1, 0.15) is 0 Å². The summed E-state index contributed by atoms with van der Waals surface area (Å²) < 4.78 is 28.7. The quantitative estimate of drug-likeness (QED) is 0.380. The highest BCUT2D eigenvalue weighted by atomic mass is 79.9. The highest BCUT2D eigenvalue weighted by molar-refractivity contribution is 9.10. The standard InChI is InChI=1S/C23H21BrCl2N2O3S/c1-16(18-3-2-4-19(24)13-18)27-23(29)15-28(14-17-5-7-20(25)8-6-17)32(30,31)22-11-9-21(26)10-12-22/h2-13,16H,14-15H2,1H3,(H,27,29). The monoisotopic (exact) mass is 554 g/mol. The van der Waals surface area contributed by atoms with Gasteiger partial charge < -0.3 is 5.32 Å². The van der Waals surface area contributed by atoms with Crippen LogP contribution in [0.3, 0.4) is 0 Å². The molecule has 1 N–H and O–H groups in total. The summed E-state index contributed by atoms with van der Waals surface area (Å²) in [5, 5.41) is 3.84. The molecule has 0 aliphatic heterocycles. The van der Waals surface area contributed by atoms with Gasteiger partial charge in [-0.15, -0.1) is 0 Å². The van der Waals surface area contributed by atoms with Crippen molar-refractivity contribution in [3.05, 3.63) is 98.4 Å². The Labute approximate surface area is 206 Å². The maximum atomic E-state index is 13.3. The predicted molar refractivity (Wildman–Crippen MR) is 131 cm³/mol. The Hall–Kier alpha value is -1.90. The van der Waals surface area contributed by atoms with Crippen LogP contribution in [0.25, 0.3) is 0 Å². The summed E-state index contributed by atoms with van der Waals surface area (Å²) in [5.41, 5.74) is 1.61. The van der Waals surface area contributed by atoms with Gasteiger partial charge >= 0.3 is 0 Å². The van der Waals surface area contributed by atoms with E-state index < -0.39 is 15.9 Å². The van der Waals surface area contributed by atoms with Gasteiger partial charge in [-0.25, -0.2) is 8.42 Å². The summed E-state index contributed by atoms with van der Waals surface area (Å²) in [4.78, 5) is 12.9. The van der Waals surface area contributed by atoms with E-state index >= 15 is 0 Å². The Bertz CT molecular complexity index is 1190. The van der Waals surface area contributed by atoms with Crippen molar-refractivity contribution in [1.29, 1.82) is 0 Å². The van der Waals surface area contributed by atoms with Gasteiger partial charge in [0.25, 0.3) is 0 Å². The molecule has 0 bridgehead atoms. The summed E-state index contributed by atoms with van der Waals surface area (Å²) in [6, 6.07) is 20.0. The lowest BCUT2D eigenvalue weighted by atomic mass is 10.1. The lowest BCUT2D eigenvalue weighted by Crippen LogP contribution is -2.41. The fourth-order valence-corrected chi connectivity index (χ4v) is 5.13. The van der Waals surface area contributed by atoms with Crippen LogP contribution in [0.2, 0.25) is 10.0 Å². The fraction of sp³-hybridized carbons (Fsp3) is 0.174. The van der Waals surface area contributed by atoms with Crippen LogP contribution in [0.4, 0.5) is 0 Å². The summed E-state index contributed by atoms with van der Waals surface area (Å²) >= 11 is 15.3. The molecule has 0 saturated carbocycles. The van der Waals surface area contributed by atoms with Crippen LogP contribution in [0.1, 0.15) is 24.1 Å². The Kier molecular flexibility index (Phi) is 8.36. The van der Waals surface area contributed by atoms with Crippen LogP contribution in [0, 0.1) is 0 Å². The van der Waals surface area contributed by atoms with E-state index in [0.29, 0.717) is 15.6 Å². The molecule has 3 aromatic carbocycles. The van der Waals surface area contributed by atoms with E-state index in [0.717, 1.165) is 14.3 Å². The summed E-state index contributed by atoms with van der Waals surface area (Å²) in [6.07, 6.45) is 0. The number of carbonyl (C=O) groups excluding carboxylic acids is 1. The maximum Gasteiger partial charge on any atom is 0.243 e. The first-order valence-corrected chi connectivity index (χ1v) is 12.7. The van der Waals surface area contributed by atoms with E-state index in [-0.39, 0.29) is 24.0 Å². The van der Waals surface area contributed by atoms with Crippen LogP contribution in [-0.2, 0) is 21.4 Å². The van der Waals surface area contributed by atoms with Gasteiger partial charge in [-0.05, 0) is 66.6 Å². The largest absolute Gasteiger partial charge is 0.348 e. The normalized spacial score (nSPS) is 12.5. The number of halogens is 3. The molecule has 0 aliphatic rings. The third-order valence-electron chi connectivity index (χ3n) is 4.77. The second kappa shape index (κ2) is 10.8. The minimum atomic E-state index is -3.95. The van der Waals surface area contributed by atoms with Gasteiger partial charge in [-0.2, -0.15) is 4.31 Å². The summed E-state index contributed by atoms with van der Waals surface area (Å²) in [5.74, 6) is -0.413. The first-order chi connectivity index (χ1) is 15.1. The average molecular weight is 556 g/mol. The van der Waals surface area contributed by atoms with E-state index in [1.807, 2.05) is 31.2 Å². The van der Waals surface area contributed by atoms with Gasteiger partial charge in [0.05, 0.1) is 17.5 Å². The predicted octanol–water partition coefficient (Wildman–Crippen LogP) is 5.82. The molecule has 1 unspecified atom stereocenters. The van der Waals surface area contributed by atoms with Crippen molar-refractivity contribution in [1.82, 2.24) is 9.62 Å². The van der Waals surface area contributed by atoms with Gasteiger partial charge in [-0.3, -0.25) is 4.79 Å². The molecule has 3 rings (SSSR count). The van der Waals surface area contributed by atoms with Crippen molar-refractivity contribution < 1.29 is 13.2 Å². The molecule has 0 heterocycles. The SMILES string of the molecule is CC(NC(=O)CN(Cc1ccc(Cl)cc1)S(=O)(=O)c1ccc(Cl)cc1)c1cccc(Br)c1. The number of carbonyl (C=O) groups is 1. The van der Waals surface area contributed by atoms with Crippen LogP contribution < -0.4 is 5.32 Å². The third kappa shape index (κ3) is 6.56. The molecule has 0 aromatic heterocycles. The minimum absolute atomic E-state index is 0.0147. The molecular weight excluding hydrogens is 535 g/mol. The van der Waals surface area contributed by atoms with Gasteiger partial charge in [0.15, 0.2) is 0 Å². The zero-order chi connectivity index (χ0) is 23.3. The number of rotatable bonds is 8. The van der Waals surface area contributed by atoms with Gasteiger partial charge in [0.2, 0.25) is 15.9 Å². The van der Waals surface area contributed by atoms with Crippen LogP contribution in [-0.4, -0.2) is 25.2 Å². The van der Waals surface area contributed by atoms with Crippen LogP contribution in [0.15, 0.2) is 82.2 Å². The first-order valence-electron chi connectivity index (χ1n) is 9.70. The van der Waals surface area contributed by atoms with Crippen molar-refractivity contribution in [2.75, 3.05) is 6.54 Å². The van der Waals surface area contributed by atoms with E-state index in [4.69, 9.17) is 23.2 Å². The number of amides is 1. The van der Waals surface area contributed by atoms with Crippen LogP contribution >= 0.6 is 39.1 Å². The van der Waals surface area contributed by atoms with Crippen molar-refractivity contribution >= 4 is 55.1 Å². The number of nitrogens with one attached hydrogen (secondary N) is 1. The summed E-state index contributed by atoms with van der Waals surface area (Å²) in [6.45, 7) is 1.52. The molecular formula is C23H21BrCl2N2O3S. The second-order valence-electron chi connectivity index (χ2n) is 7.20. The van der Waals surface area contributed by atoms with E-state index in [1.165, 1.54) is 24.3 Å². The molecule has 168 valence electrons. The minimum Gasteiger partial charge on any atom is -0.348 e. The molecule has 5 nitrogen and oxygen atoms in total. The molecule has 0 fully saturated rings. The Morgan fingerprint density at radius 2 is 1.59 bits per heavy atom. The zero-order valence-corrected chi connectivity index (χ0v) is 21.0. The Morgan fingerprint density at radius 1 is 1.00 bits per heavy atom. The lowest BCUT2D eigenvalue weighted by Gasteiger charge is -2.23. The molecule has 1 atom stereocenters. The van der Waals surface area contributed by atoms with Crippen molar-refractivity contribution in [3.8, 4) is 0 Å². The smallest absolute Gasteiger partial charge is 0.243 e. The molecule has 3 aromatic rings. The molecule has 9 heteroatoms. The van der Waals surface area contributed by atoms with Crippen molar-refractivity contribution in [2.24, 2.45) is 0 Å². The highest BCUT2D eigenvalue weighted by Crippen LogP contribution is 2.22. The van der Waals surface area contributed by atoms with E-state index in [9.17, 15) is 13.2 Å². The first kappa shape index (κ1) is 24.7. The molecule has 0 radical (unpaired) electrons. The third-order valence-corrected chi connectivity index (χ3v) is 7.57. The topological polar surface area (TPSA) is 66.5 Å². The number of nitrogens with zero attached hydrogens (tertiary/aromatic N) is 1. The Balaban J connectivity index is 1.83. The lowest BCUT2D eigenvalue weighted by molar-refractivity contribution is -0.122. The van der Waals surface area contributed by atoms with Gasteiger partial charge in [-0.1, -0.05) is 63.4 Å². The van der Waals surface area contributed by atoms with Crippen molar-refractivity contribution in [3.63, 3.8) is 0 Å². The highest BCUT2D eigenvalue weighted by Gasteiger charge is 2.27. The number of hydrogen-bond donors (Lipinski definition) is 1. The van der Waals surface area contributed by atoms with E-state index in [1.54, 1.807) is 24.3 Å².